The maximum atomic E-state index is 14.5. The molecule has 9 heteroatoms. The van der Waals surface area contributed by atoms with E-state index in [2.05, 4.69) is 15.3 Å². The topological polar surface area (TPSA) is 101 Å². The number of aliphatic hydroxyl groups excluding tert-OH is 1. The highest BCUT2D eigenvalue weighted by molar-refractivity contribution is 7.16. The van der Waals surface area contributed by atoms with Gasteiger partial charge in [-0.1, -0.05) is 12.1 Å². The standard InChI is InChI=1S/C23H22F2N4O2S/c1-23(26)6-4-17(14-9-15(24)21(16(25)10-14)19(31)5-7-30)29-22(23)27-11-13-2-3-18-20(8-13)32-12-28-18/h2-4,8-10,12,30H,5-7,11,26H2,1H3,(H,27,29). The fourth-order valence-electron chi connectivity index (χ4n) is 3.53. The number of hydrogen-bond donors (Lipinski definition) is 3. The lowest BCUT2D eigenvalue weighted by Gasteiger charge is -2.32. The van der Waals surface area contributed by atoms with Crippen molar-refractivity contribution in [2.45, 2.75) is 31.8 Å². The Kier molecular flexibility index (Phi) is 6.14. The molecule has 2 aromatic carbocycles. The molecule has 0 radical (unpaired) electrons. The lowest BCUT2D eigenvalue weighted by Crippen LogP contribution is -2.53. The molecule has 0 saturated heterocycles. The van der Waals surface area contributed by atoms with E-state index in [-0.39, 0.29) is 12.0 Å². The van der Waals surface area contributed by atoms with Crippen LogP contribution >= 0.6 is 11.3 Å². The highest BCUT2D eigenvalue weighted by atomic mass is 32.1. The van der Waals surface area contributed by atoms with Gasteiger partial charge in [0, 0.05) is 17.7 Å². The molecule has 1 atom stereocenters. The van der Waals surface area contributed by atoms with Crippen LogP contribution in [0.4, 0.5) is 8.78 Å². The van der Waals surface area contributed by atoms with Crippen LogP contribution in [0.25, 0.3) is 15.9 Å². The number of aromatic nitrogens is 1. The predicted molar refractivity (Wildman–Crippen MR) is 121 cm³/mol. The minimum Gasteiger partial charge on any atom is -0.396 e. The van der Waals surface area contributed by atoms with Crippen LogP contribution in [0.3, 0.4) is 0 Å². The zero-order valence-electron chi connectivity index (χ0n) is 17.4. The first kappa shape index (κ1) is 22.2. The van der Waals surface area contributed by atoms with Gasteiger partial charge in [0.15, 0.2) is 5.78 Å². The molecular formula is C23H22F2N4O2S. The van der Waals surface area contributed by atoms with E-state index in [1.54, 1.807) is 22.9 Å². The van der Waals surface area contributed by atoms with Gasteiger partial charge in [0.1, 0.15) is 17.5 Å². The number of carbonyl (C=O) groups is 1. The second-order valence-corrected chi connectivity index (χ2v) is 8.78. The summed E-state index contributed by atoms with van der Waals surface area (Å²) >= 11 is 1.55. The first-order valence-corrected chi connectivity index (χ1v) is 10.9. The predicted octanol–water partition coefficient (Wildman–Crippen LogP) is 3.79. The molecule has 1 aliphatic heterocycles. The molecule has 0 fully saturated rings. The van der Waals surface area contributed by atoms with Crippen molar-refractivity contribution < 1.29 is 18.7 Å². The zero-order valence-corrected chi connectivity index (χ0v) is 18.2. The number of aliphatic hydroxyl groups is 1. The Bertz CT molecular complexity index is 1230. The fourth-order valence-corrected chi connectivity index (χ4v) is 4.27. The maximum absolute atomic E-state index is 14.5. The Morgan fingerprint density at radius 3 is 2.78 bits per heavy atom. The lowest BCUT2D eigenvalue weighted by atomic mass is 9.91. The second kappa shape index (κ2) is 8.85. The average molecular weight is 457 g/mol. The van der Waals surface area contributed by atoms with Gasteiger partial charge >= 0.3 is 0 Å². The summed E-state index contributed by atoms with van der Waals surface area (Å²) in [5, 5.41) is 12.0. The molecule has 1 unspecified atom stereocenters. The van der Waals surface area contributed by atoms with Gasteiger partial charge in [-0.2, -0.15) is 0 Å². The summed E-state index contributed by atoms with van der Waals surface area (Å²) < 4.78 is 30.1. The first-order valence-electron chi connectivity index (χ1n) is 10.0. The van der Waals surface area contributed by atoms with Crippen molar-refractivity contribution in [3.05, 3.63) is 70.2 Å². The summed E-state index contributed by atoms with van der Waals surface area (Å²) in [6.45, 7) is 1.74. The Morgan fingerprint density at radius 1 is 1.31 bits per heavy atom. The number of nitrogens with one attached hydrogen (secondary N) is 1. The molecule has 0 spiro atoms. The molecule has 0 bridgehead atoms. The number of halogens is 2. The van der Waals surface area contributed by atoms with Crippen molar-refractivity contribution in [3.8, 4) is 0 Å². The minimum atomic E-state index is -0.974. The van der Waals surface area contributed by atoms with Crippen LogP contribution in [0.15, 0.2) is 46.9 Å². The number of thiazole rings is 1. The second-order valence-electron chi connectivity index (χ2n) is 7.90. The van der Waals surface area contributed by atoms with E-state index >= 15 is 0 Å². The molecule has 166 valence electrons. The Labute approximate surface area is 187 Å². The molecule has 6 nitrogen and oxygen atoms in total. The number of amidine groups is 1. The molecule has 0 aliphatic carbocycles. The quantitative estimate of drug-likeness (QED) is 0.490. The largest absolute Gasteiger partial charge is 0.396 e. The van der Waals surface area contributed by atoms with Crippen LogP contribution < -0.4 is 11.1 Å². The number of nitrogens with two attached hydrogens (primary N) is 1. The van der Waals surface area contributed by atoms with E-state index in [4.69, 9.17) is 10.8 Å². The summed E-state index contributed by atoms with van der Waals surface area (Å²) in [5.41, 5.74) is 9.40. The smallest absolute Gasteiger partial charge is 0.171 e. The van der Waals surface area contributed by atoms with Gasteiger partial charge in [-0.15, -0.1) is 11.3 Å². The van der Waals surface area contributed by atoms with Gasteiger partial charge in [0.2, 0.25) is 0 Å². The first-order chi connectivity index (χ1) is 15.3. The maximum Gasteiger partial charge on any atom is 0.171 e. The number of fused-ring (bicyclic) bond motifs is 1. The minimum absolute atomic E-state index is 0.245. The molecule has 0 amide bonds. The Balaban J connectivity index is 1.59. The third-order valence-corrected chi connectivity index (χ3v) is 6.10. The number of nitrogens with zero attached hydrogens (tertiary/aromatic N) is 2. The summed E-state index contributed by atoms with van der Waals surface area (Å²) in [4.78, 5) is 20.8. The van der Waals surface area contributed by atoms with Gasteiger partial charge < -0.3 is 16.2 Å². The van der Waals surface area contributed by atoms with E-state index in [0.29, 0.717) is 24.5 Å². The third-order valence-electron chi connectivity index (χ3n) is 5.31. The molecule has 2 heterocycles. The third kappa shape index (κ3) is 4.45. The Hall–Kier alpha value is -3.01. The average Bonchev–Trinajstić information content (AvgIpc) is 3.20. The van der Waals surface area contributed by atoms with Crippen molar-refractivity contribution in [1.29, 1.82) is 0 Å². The molecule has 1 aliphatic rings. The van der Waals surface area contributed by atoms with Crippen LogP contribution in [-0.4, -0.2) is 33.9 Å². The normalized spacial score (nSPS) is 19.8. The fraction of sp³-hybridized carbons (Fsp3) is 0.261. The van der Waals surface area contributed by atoms with E-state index in [1.807, 2.05) is 25.1 Å². The van der Waals surface area contributed by atoms with Crippen molar-refractivity contribution >= 4 is 38.9 Å². The molecule has 4 rings (SSSR count). The van der Waals surface area contributed by atoms with E-state index in [1.165, 1.54) is 0 Å². The molecule has 1 aromatic heterocycles. The van der Waals surface area contributed by atoms with Crippen molar-refractivity contribution in [2.75, 3.05) is 6.61 Å². The van der Waals surface area contributed by atoms with Gasteiger partial charge in [-0.3, -0.25) is 9.79 Å². The lowest BCUT2D eigenvalue weighted by molar-refractivity contribution is 0.0948. The highest BCUT2D eigenvalue weighted by Crippen LogP contribution is 2.26. The molecule has 32 heavy (non-hydrogen) atoms. The summed E-state index contributed by atoms with van der Waals surface area (Å²) in [6, 6.07) is 8.11. The number of rotatable bonds is 6. The van der Waals surface area contributed by atoms with Crippen LogP contribution in [-0.2, 0) is 6.54 Å². The van der Waals surface area contributed by atoms with Crippen molar-refractivity contribution in [1.82, 2.24) is 10.3 Å². The Morgan fingerprint density at radius 2 is 2.06 bits per heavy atom. The van der Waals surface area contributed by atoms with Crippen molar-refractivity contribution in [3.63, 3.8) is 0 Å². The van der Waals surface area contributed by atoms with Crippen LogP contribution in [0.2, 0.25) is 0 Å². The van der Waals surface area contributed by atoms with Gasteiger partial charge in [-0.05, 0) is 43.2 Å². The van der Waals surface area contributed by atoms with Crippen LogP contribution in [0.1, 0.15) is 41.3 Å². The van der Waals surface area contributed by atoms with Crippen LogP contribution in [0, 0.1) is 11.6 Å². The number of carbonyl (C=O) groups excluding carboxylic acids is 1. The molecule has 3 aromatic rings. The van der Waals surface area contributed by atoms with E-state index in [9.17, 15) is 13.6 Å². The summed E-state index contributed by atoms with van der Waals surface area (Å²) in [6.07, 6.45) is 1.83. The van der Waals surface area contributed by atoms with Crippen LogP contribution in [0.5, 0.6) is 0 Å². The molecular weight excluding hydrogens is 434 g/mol. The number of ketones is 1. The van der Waals surface area contributed by atoms with E-state index in [0.717, 1.165) is 27.9 Å². The summed E-state index contributed by atoms with van der Waals surface area (Å²) in [5.74, 6) is -2.23. The monoisotopic (exact) mass is 456 g/mol. The van der Waals surface area contributed by atoms with Gasteiger partial charge in [0.05, 0.1) is 40.0 Å². The van der Waals surface area contributed by atoms with Crippen molar-refractivity contribution in [2.24, 2.45) is 10.7 Å². The summed E-state index contributed by atoms with van der Waals surface area (Å²) in [7, 11) is 0. The van der Waals surface area contributed by atoms with E-state index < -0.39 is 35.1 Å². The number of hydrogen-bond acceptors (Lipinski definition) is 6. The molecule has 4 N–H and O–H groups in total. The number of Topliss-reactive ketones (excluding diaryl/α,β-unsaturated/α-hetero) is 1. The number of aliphatic imine (C=N–C) groups is 1. The SMILES string of the molecule is CC1(N)CC=C(c2cc(F)c(C(=O)CCO)c(F)c2)NC1=NCc1ccc2ncsc2c1. The number of benzene rings is 2. The van der Waals surface area contributed by atoms with Gasteiger partial charge in [-0.25, -0.2) is 13.8 Å². The zero-order chi connectivity index (χ0) is 22.9. The molecule has 0 saturated carbocycles. The van der Waals surface area contributed by atoms with Gasteiger partial charge in [0.25, 0.3) is 0 Å². The highest BCUT2D eigenvalue weighted by Gasteiger charge is 2.30.